The molecule has 0 unspecified atom stereocenters. The summed E-state index contributed by atoms with van der Waals surface area (Å²) in [6.45, 7) is 0.645. The third kappa shape index (κ3) is 2.56. The van der Waals surface area contributed by atoms with Crippen molar-refractivity contribution in [3.63, 3.8) is 0 Å². The van der Waals surface area contributed by atoms with Crippen molar-refractivity contribution in [2.75, 3.05) is 26.5 Å². The van der Waals surface area contributed by atoms with Crippen LogP contribution in [0.2, 0.25) is 0 Å². The van der Waals surface area contributed by atoms with Crippen LogP contribution in [-0.2, 0) is 0 Å². The van der Waals surface area contributed by atoms with E-state index in [1.165, 1.54) is 0 Å². The SMILES string of the molecule is COc1cccc(OC)c1SCCN. The lowest BCUT2D eigenvalue weighted by Gasteiger charge is -2.11. The van der Waals surface area contributed by atoms with E-state index in [0.717, 1.165) is 22.1 Å². The molecule has 0 aliphatic heterocycles. The molecule has 3 nitrogen and oxygen atoms in total. The van der Waals surface area contributed by atoms with E-state index >= 15 is 0 Å². The molecule has 4 heteroatoms. The van der Waals surface area contributed by atoms with Crippen LogP contribution in [0.5, 0.6) is 11.5 Å². The minimum Gasteiger partial charge on any atom is -0.495 e. The van der Waals surface area contributed by atoms with Gasteiger partial charge in [0.2, 0.25) is 0 Å². The van der Waals surface area contributed by atoms with Crippen LogP contribution in [0.1, 0.15) is 0 Å². The summed E-state index contributed by atoms with van der Waals surface area (Å²) in [6.07, 6.45) is 0. The van der Waals surface area contributed by atoms with Crippen LogP contribution in [0, 0.1) is 0 Å². The van der Waals surface area contributed by atoms with Gasteiger partial charge in [-0.1, -0.05) is 6.07 Å². The summed E-state index contributed by atoms with van der Waals surface area (Å²) in [5, 5.41) is 0. The maximum atomic E-state index is 5.46. The molecule has 1 aromatic carbocycles. The Morgan fingerprint density at radius 1 is 1.21 bits per heavy atom. The lowest BCUT2D eigenvalue weighted by atomic mass is 10.3. The first-order valence-electron chi connectivity index (χ1n) is 4.37. The molecule has 1 aromatic rings. The molecule has 0 saturated heterocycles. The Labute approximate surface area is 88.6 Å². The zero-order valence-corrected chi connectivity index (χ0v) is 9.26. The Morgan fingerprint density at radius 2 is 1.79 bits per heavy atom. The van der Waals surface area contributed by atoms with E-state index in [1.54, 1.807) is 26.0 Å². The van der Waals surface area contributed by atoms with Gasteiger partial charge in [-0.3, -0.25) is 0 Å². The number of benzene rings is 1. The summed E-state index contributed by atoms with van der Waals surface area (Å²) in [7, 11) is 3.31. The second-order valence-corrected chi connectivity index (χ2v) is 3.73. The molecule has 0 radical (unpaired) electrons. The molecule has 14 heavy (non-hydrogen) atoms. The molecule has 78 valence electrons. The Hall–Kier alpha value is -0.870. The molecule has 0 amide bonds. The molecular formula is C10H15NO2S. The smallest absolute Gasteiger partial charge is 0.136 e. The van der Waals surface area contributed by atoms with Gasteiger partial charge in [0.1, 0.15) is 11.5 Å². The summed E-state index contributed by atoms with van der Waals surface area (Å²) >= 11 is 1.65. The highest BCUT2D eigenvalue weighted by atomic mass is 32.2. The van der Waals surface area contributed by atoms with E-state index in [9.17, 15) is 0 Å². The van der Waals surface area contributed by atoms with E-state index in [-0.39, 0.29) is 0 Å². The molecule has 0 aromatic heterocycles. The maximum Gasteiger partial charge on any atom is 0.136 e. The molecule has 0 bridgehead atoms. The zero-order chi connectivity index (χ0) is 10.4. The minimum atomic E-state index is 0.645. The van der Waals surface area contributed by atoms with Gasteiger partial charge in [-0.2, -0.15) is 0 Å². The maximum absolute atomic E-state index is 5.46. The average molecular weight is 213 g/mol. The van der Waals surface area contributed by atoms with Crippen LogP contribution in [0.25, 0.3) is 0 Å². The van der Waals surface area contributed by atoms with Crippen LogP contribution >= 0.6 is 11.8 Å². The zero-order valence-electron chi connectivity index (χ0n) is 8.45. The number of ether oxygens (including phenoxy) is 2. The van der Waals surface area contributed by atoms with Crippen molar-refractivity contribution < 1.29 is 9.47 Å². The molecular weight excluding hydrogens is 198 g/mol. The number of methoxy groups -OCH3 is 2. The van der Waals surface area contributed by atoms with Gasteiger partial charge >= 0.3 is 0 Å². The highest BCUT2D eigenvalue weighted by Gasteiger charge is 2.09. The molecule has 0 saturated carbocycles. The lowest BCUT2D eigenvalue weighted by molar-refractivity contribution is 0.376. The first-order chi connectivity index (χ1) is 6.83. The monoisotopic (exact) mass is 213 g/mol. The van der Waals surface area contributed by atoms with Gasteiger partial charge in [-0.25, -0.2) is 0 Å². The number of thioether (sulfide) groups is 1. The molecule has 0 atom stereocenters. The van der Waals surface area contributed by atoms with Crippen LogP contribution in [0.15, 0.2) is 23.1 Å². The molecule has 0 heterocycles. The Balaban J connectivity index is 2.93. The first-order valence-corrected chi connectivity index (χ1v) is 5.36. The topological polar surface area (TPSA) is 44.5 Å². The average Bonchev–Trinajstić information content (AvgIpc) is 2.25. The van der Waals surface area contributed by atoms with Crippen LogP contribution in [0.4, 0.5) is 0 Å². The van der Waals surface area contributed by atoms with Gasteiger partial charge in [0.05, 0.1) is 19.1 Å². The van der Waals surface area contributed by atoms with Gasteiger partial charge in [-0.05, 0) is 12.1 Å². The predicted molar refractivity (Wildman–Crippen MR) is 59.3 cm³/mol. The minimum absolute atomic E-state index is 0.645. The molecule has 0 spiro atoms. The molecule has 0 aliphatic rings. The van der Waals surface area contributed by atoms with Crippen molar-refractivity contribution >= 4 is 11.8 Å². The van der Waals surface area contributed by atoms with Gasteiger partial charge in [-0.15, -0.1) is 11.8 Å². The second kappa shape index (κ2) is 5.78. The third-order valence-electron chi connectivity index (χ3n) is 1.75. The van der Waals surface area contributed by atoms with Crippen molar-refractivity contribution in [1.82, 2.24) is 0 Å². The summed E-state index contributed by atoms with van der Waals surface area (Å²) in [5.74, 6) is 2.53. The Kier molecular flexibility index (Phi) is 4.62. The summed E-state index contributed by atoms with van der Waals surface area (Å²) < 4.78 is 10.5. The van der Waals surface area contributed by atoms with Gasteiger partial charge in [0, 0.05) is 12.3 Å². The fraction of sp³-hybridized carbons (Fsp3) is 0.400. The van der Waals surface area contributed by atoms with E-state index in [0.29, 0.717) is 6.54 Å². The van der Waals surface area contributed by atoms with Crippen LogP contribution < -0.4 is 15.2 Å². The molecule has 1 rings (SSSR count). The van der Waals surface area contributed by atoms with E-state index < -0.39 is 0 Å². The molecule has 0 fully saturated rings. The molecule has 2 N–H and O–H groups in total. The quantitative estimate of drug-likeness (QED) is 0.757. The van der Waals surface area contributed by atoms with E-state index in [1.807, 2.05) is 18.2 Å². The summed E-state index contributed by atoms with van der Waals surface area (Å²) in [4.78, 5) is 1.02. The fourth-order valence-electron chi connectivity index (χ4n) is 1.12. The standard InChI is InChI=1S/C10H15NO2S/c1-12-8-4-3-5-9(13-2)10(8)14-7-6-11/h3-5H,6-7,11H2,1-2H3. The fourth-order valence-corrected chi connectivity index (χ4v) is 2.03. The molecule has 0 aliphatic carbocycles. The van der Waals surface area contributed by atoms with Crippen LogP contribution in [-0.4, -0.2) is 26.5 Å². The normalized spacial score (nSPS) is 9.93. The van der Waals surface area contributed by atoms with Gasteiger partial charge in [0.15, 0.2) is 0 Å². The number of nitrogens with two attached hydrogens (primary N) is 1. The highest BCUT2D eigenvalue weighted by Crippen LogP contribution is 2.37. The van der Waals surface area contributed by atoms with Gasteiger partial charge in [0.25, 0.3) is 0 Å². The summed E-state index contributed by atoms with van der Waals surface area (Å²) in [6, 6.07) is 5.74. The van der Waals surface area contributed by atoms with Crippen LogP contribution in [0.3, 0.4) is 0 Å². The lowest BCUT2D eigenvalue weighted by Crippen LogP contribution is -2.02. The second-order valence-electron chi connectivity index (χ2n) is 2.63. The highest BCUT2D eigenvalue weighted by molar-refractivity contribution is 7.99. The van der Waals surface area contributed by atoms with Crippen molar-refractivity contribution in [2.45, 2.75) is 4.90 Å². The van der Waals surface area contributed by atoms with Crippen molar-refractivity contribution in [1.29, 1.82) is 0 Å². The van der Waals surface area contributed by atoms with Gasteiger partial charge < -0.3 is 15.2 Å². The van der Waals surface area contributed by atoms with Crippen molar-refractivity contribution in [3.05, 3.63) is 18.2 Å². The largest absolute Gasteiger partial charge is 0.495 e. The summed E-state index contributed by atoms with van der Waals surface area (Å²) in [5.41, 5.74) is 5.46. The predicted octanol–water partition coefficient (Wildman–Crippen LogP) is 1.75. The van der Waals surface area contributed by atoms with Crippen molar-refractivity contribution in [3.8, 4) is 11.5 Å². The Bertz CT molecular complexity index is 269. The van der Waals surface area contributed by atoms with E-state index in [4.69, 9.17) is 15.2 Å². The van der Waals surface area contributed by atoms with E-state index in [2.05, 4.69) is 0 Å². The van der Waals surface area contributed by atoms with Crippen molar-refractivity contribution in [2.24, 2.45) is 5.73 Å². The Morgan fingerprint density at radius 3 is 2.21 bits per heavy atom. The first kappa shape index (κ1) is 11.2. The number of hydrogen-bond donors (Lipinski definition) is 1. The number of rotatable bonds is 5. The number of hydrogen-bond acceptors (Lipinski definition) is 4. The third-order valence-corrected chi connectivity index (χ3v) is 2.88.